The van der Waals surface area contributed by atoms with Gasteiger partial charge in [-0.15, -0.1) is 0 Å². The fourth-order valence-corrected chi connectivity index (χ4v) is 2.60. The molecule has 23 heavy (non-hydrogen) atoms. The van der Waals surface area contributed by atoms with Gasteiger partial charge < -0.3 is 9.30 Å². The van der Waals surface area contributed by atoms with Gasteiger partial charge >= 0.3 is 0 Å². The lowest BCUT2D eigenvalue weighted by atomic mass is 10.0. The summed E-state index contributed by atoms with van der Waals surface area (Å²) in [4.78, 5) is 4.05. The number of para-hydroxylation sites is 1. The molecule has 0 fully saturated rings. The number of rotatable bonds is 8. The van der Waals surface area contributed by atoms with Crippen molar-refractivity contribution in [2.24, 2.45) is 0 Å². The molecule has 0 aliphatic carbocycles. The van der Waals surface area contributed by atoms with Crippen LogP contribution in [0.15, 0.2) is 73.3 Å². The van der Waals surface area contributed by atoms with Crippen molar-refractivity contribution < 1.29 is 4.74 Å². The molecule has 0 atom stereocenters. The van der Waals surface area contributed by atoms with Crippen molar-refractivity contribution in [3.05, 3.63) is 84.4 Å². The molecule has 0 N–H and O–H groups in total. The largest absolute Gasteiger partial charge is 0.493 e. The maximum atomic E-state index is 6.00. The van der Waals surface area contributed by atoms with Crippen molar-refractivity contribution in [2.45, 2.75) is 25.8 Å². The second-order valence-corrected chi connectivity index (χ2v) is 5.63. The molecular weight excluding hydrogens is 284 g/mol. The normalized spacial score (nSPS) is 10.6. The number of aromatic nitrogens is 2. The van der Waals surface area contributed by atoms with Crippen molar-refractivity contribution in [2.75, 3.05) is 6.61 Å². The summed E-state index contributed by atoms with van der Waals surface area (Å²) in [6.45, 7) is 1.75. The van der Waals surface area contributed by atoms with Crippen molar-refractivity contribution in [3.8, 4) is 5.75 Å². The predicted molar refractivity (Wildman–Crippen MR) is 92.6 cm³/mol. The minimum absolute atomic E-state index is 0.750. The van der Waals surface area contributed by atoms with E-state index in [9.17, 15) is 0 Å². The van der Waals surface area contributed by atoms with Gasteiger partial charge in [-0.25, -0.2) is 4.98 Å². The Morgan fingerprint density at radius 1 is 0.913 bits per heavy atom. The topological polar surface area (TPSA) is 27.1 Å². The Bertz CT molecular complexity index is 693. The van der Waals surface area contributed by atoms with Crippen molar-refractivity contribution in [1.29, 1.82) is 0 Å². The molecule has 0 amide bonds. The standard InChI is InChI=1S/C20H22N2O/c1-2-8-18(9-3-1)16-19-10-4-5-11-20(19)23-15-7-6-13-22-14-12-21-17-22/h1-5,8-12,14,17H,6-7,13,15-16H2. The fourth-order valence-electron chi connectivity index (χ4n) is 2.60. The summed E-state index contributed by atoms with van der Waals surface area (Å²) < 4.78 is 8.10. The summed E-state index contributed by atoms with van der Waals surface area (Å²) >= 11 is 0. The third-order valence-corrected chi connectivity index (χ3v) is 3.84. The maximum absolute atomic E-state index is 6.00. The fraction of sp³-hybridized carbons (Fsp3) is 0.250. The molecule has 1 heterocycles. The first-order chi connectivity index (χ1) is 11.4. The molecule has 0 spiro atoms. The minimum Gasteiger partial charge on any atom is -0.493 e. The number of hydrogen-bond donors (Lipinski definition) is 0. The van der Waals surface area contributed by atoms with E-state index in [1.165, 1.54) is 11.1 Å². The highest BCUT2D eigenvalue weighted by molar-refractivity contribution is 5.37. The molecule has 0 aliphatic rings. The lowest BCUT2D eigenvalue weighted by Gasteiger charge is -2.11. The van der Waals surface area contributed by atoms with Crippen LogP contribution in [-0.2, 0) is 13.0 Å². The van der Waals surface area contributed by atoms with E-state index in [-0.39, 0.29) is 0 Å². The van der Waals surface area contributed by atoms with Crippen LogP contribution < -0.4 is 4.74 Å². The SMILES string of the molecule is c1ccc(Cc2ccccc2OCCCCn2ccnc2)cc1. The van der Waals surface area contributed by atoms with E-state index in [0.717, 1.165) is 38.2 Å². The Balaban J connectivity index is 1.49. The summed E-state index contributed by atoms with van der Waals surface area (Å²) in [6, 6.07) is 18.8. The van der Waals surface area contributed by atoms with Crippen molar-refractivity contribution in [3.63, 3.8) is 0 Å². The van der Waals surface area contributed by atoms with Gasteiger partial charge in [-0.05, 0) is 30.0 Å². The number of hydrogen-bond acceptors (Lipinski definition) is 2. The van der Waals surface area contributed by atoms with Crippen LogP contribution >= 0.6 is 0 Å². The van der Waals surface area contributed by atoms with E-state index in [1.807, 2.05) is 30.9 Å². The van der Waals surface area contributed by atoms with Crippen molar-refractivity contribution in [1.82, 2.24) is 9.55 Å². The Morgan fingerprint density at radius 2 is 1.74 bits per heavy atom. The molecule has 3 aromatic rings. The Morgan fingerprint density at radius 3 is 2.57 bits per heavy atom. The quantitative estimate of drug-likeness (QED) is 0.579. The molecule has 0 saturated heterocycles. The van der Waals surface area contributed by atoms with Crippen LogP contribution in [0, 0.1) is 0 Å². The number of ether oxygens (including phenoxy) is 1. The third kappa shape index (κ3) is 4.71. The van der Waals surface area contributed by atoms with Gasteiger partial charge in [0.25, 0.3) is 0 Å². The lowest BCUT2D eigenvalue weighted by molar-refractivity contribution is 0.300. The molecule has 0 bridgehead atoms. The molecule has 3 heteroatoms. The van der Waals surface area contributed by atoms with E-state index in [0.29, 0.717) is 0 Å². The van der Waals surface area contributed by atoms with Gasteiger partial charge in [0.05, 0.1) is 12.9 Å². The number of imidazole rings is 1. The number of unbranched alkanes of at least 4 members (excludes halogenated alkanes) is 1. The average molecular weight is 306 g/mol. The molecule has 3 rings (SSSR count). The molecule has 0 aliphatic heterocycles. The monoisotopic (exact) mass is 306 g/mol. The van der Waals surface area contributed by atoms with Crippen LogP contribution in [0.2, 0.25) is 0 Å². The average Bonchev–Trinajstić information content (AvgIpc) is 3.10. The van der Waals surface area contributed by atoms with Crippen LogP contribution in [0.5, 0.6) is 5.75 Å². The second kappa shape index (κ2) is 8.18. The zero-order valence-electron chi connectivity index (χ0n) is 13.3. The summed E-state index contributed by atoms with van der Waals surface area (Å²) in [5, 5.41) is 0. The molecule has 0 radical (unpaired) electrons. The van der Waals surface area contributed by atoms with Crippen molar-refractivity contribution >= 4 is 0 Å². The smallest absolute Gasteiger partial charge is 0.122 e. The lowest BCUT2D eigenvalue weighted by Crippen LogP contribution is -2.03. The second-order valence-electron chi connectivity index (χ2n) is 5.63. The summed E-state index contributed by atoms with van der Waals surface area (Å²) in [5.41, 5.74) is 2.55. The molecule has 0 unspecified atom stereocenters. The minimum atomic E-state index is 0.750. The van der Waals surface area contributed by atoms with E-state index < -0.39 is 0 Å². The zero-order chi connectivity index (χ0) is 15.7. The van der Waals surface area contributed by atoms with Gasteiger partial charge in [-0.2, -0.15) is 0 Å². The number of aryl methyl sites for hydroxylation is 1. The van der Waals surface area contributed by atoms with E-state index in [4.69, 9.17) is 4.74 Å². The Labute approximate surface area is 137 Å². The van der Waals surface area contributed by atoms with Crippen LogP contribution in [0.1, 0.15) is 24.0 Å². The first-order valence-corrected chi connectivity index (χ1v) is 8.12. The van der Waals surface area contributed by atoms with E-state index in [2.05, 4.69) is 52.0 Å². The summed E-state index contributed by atoms with van der Waals surface area (Å²) in [7, 11) is 0. The molecular formula is C20H22N2O. The van der Waals surface area contributed by atoms with Crippen LogP contribution in [0.3, 0.4) is 0 Å². The van der Waals surface area contributed by atoms with Gasteiger partial charge in [0.1, 0.15) is 5.75 Å². The summed E-state index contributed by atoms with van der Waals surface area (Å²) in [5.74, 6) is 0.999. The molecule has 1 aromatic heterocycles. The molecule has 3 nitrogen and oxygen atoms in total. The number of nitrogens with zero attached hydrogens (tertiary/aromatic N) is 2. The highest BCUT2D eigenvalue weighted by Crippen LogP contribution is 2.21. The Kier molecular flexibility index (Phi) is 5.46. The first-order valence-electron chi connectivity index (χ1n) is 8.12. The highest BCUT2D eigenvalue weighted by Gasteiger charge is 2.04. The highest BCUT2D eigenvalue weighted by atomic mass is 16.5. The number of benzene rings is 2. The first kappa shape index (κ1) is 15.3. The molecule has 0 saturated carbocycles. The van der Waals surface area contributed by atoms with E-state index in [1.54, 1.807) is 0 Å². The predicted octanol–water partition coefficient (Wildman–Crippen LogP) is 4.33. The zero-order valence-corrected chi connectivity index (χ0v) is 13.3. The Hall–Kier alpha value is -2.55. The maximum Gasteiger partial charge on any atom is 0.122 e. The molecule has 118 valence electrons. The van der Waals surface area contributed by atoms with Crippen LogP contribution in [-0.4, -0.2) is 16.2 Å². The van der Waals surface area contributed by atoms with Gasteiger partial charge in [-0.1, -0.05) is 48.5 Å². The van der Waals surface area contributed by atoms with Crippen LogP contribution in [0.25, 0.3) is 0 Å². The van der Waals surface area contributed by atoms with Gasteiger partial charge in [0.15, 0.2) is 0 Å². The third-order valence-electron chi connectivity index (χ3n) is 3.84. The van der Waals surface area contributed by atoms with E-state index >= 15 is 0 Å². The van der Waals surface area contributed by atoms with Gasteiger partial charge in [0, 0.05) is 25.4 Å². The van der Waals surface area contributed by atoms with Gasteiger partial charge in [0.2, 0.25) is 0 Å². The summed E-state index contributed by atoms with van der Waals surface area (Å²) in [6.07, 6.45) is 8.71. The van der Waals surface area contributed by atoms with Crippen LogP contribution in [0.4, 0.5) is 0 Å². The molecule has 2 aromatic carbocycles. The van der Waals surface area contributed by atoms with Gasteiger partial charge in [-0.3, -0.25) is 0 Å².